The fourth-order valence-electron chi connectivity index (χ4n) is 1.93. The van der Waals surface area contributed by atoms with Crippen LogP contribution in [0.15, 0.2) is 48.6 Å². The van der Waals surface area contributed by atoms with E-state index in [1.165, 1.54) is 12.8 Å². The SMILES string of the molecule is CCCC=CCC=CCC=CC/C=C\CCCCCC(=O)O. The minimum atomic E-state index is -0.688. The van der Waals surface area contributed by atoms with E-state index >= 15 is 0 Å². The Labute approximate surface area is 136 Å². The van der Waals surface area contributed by atoms with Crippen LogP contribution in [0.4, 0.5) is 0 Å². The minimum Gasteiger partial charge on any atom is -0.481 e. The summed E-state index contributed by atoms with van der Waals surface area (Å²) in [5.41, 5.74) is 0. The van der Waals surface area contributed by atoms with E-state index in [4.69, 9.17) is 5.11 Å². The average molecular weight is 304 g/mol. The fourth-order valence-corrected chi connectivity index (χ4v) is 1.93. The zero-order valence-electron chi connectivity index (χ0n) is 14.0. The first-order valence-electron chi connectivity index (χ1n) is 8.59. The molecule has 0 aromatic carbocycles. The molecule has 22 heavy (non-hydrogen) atoms. The number of allylic oxidation sites excluding steroid dienone is 8. The van der Waals surface area contributed by atoms with Gasteiger partial charge in [0.25, 0.3) is 0 Å². The van der Waals surface area contributed by atoms with Gasteiger partial charge in [-0.25, -0.2) is 0 Å². The molecule has 0 rings (SSSR count). The number of hydrogen-bond acceptors (Lipinski definition) is 1. The van der Waals surface area contributed by atoms with Crippen molar-refractivity contribution in [1.29, 1.82) is 0 Å². The molecule has 2 nitrogen and oxygen atoms in total. The summed E-state index contributed by atoms with van der Waals surface area (Å²) >= 11 is 0. The number of hydrogen-bond donors (Lipinski definition) is 1. The number of rotatable bonds is 14. The van der Waals surface area contributed by atoms with E-state index in [-0.39, 0.29) is 0 Å². The van der Waals surface area contributed by atoms with E-state index in [2.05, 4.69) is 55.5 Å². The number of aliphatic carboxylic acids is 1. The second-order valence-corrected chi connectivity index (χ2v) is 5.37. The van der Waals surface area contributed by atoms with Gasteiger partial charge in [0.05, 0.1) is 0 Å². The molecule has 0 bridgehead atoms. The molecule has 0 aliphatic carbocycles. The molecule has 0 atom stereocenters. The lowest BCUT2D eigenvalue weighted by molar-refractivity contribution is -0.137. The molecule has 0 fully saturated rings. The highest BCUT2D eigenvalue weighted by Crippen LogP contribution is 2.04. The summed E-state index contributed by atoms with van der Waals surface area (Å²) in [4.78, 5) is 10.3. The normalized spacial score (nSPS) is 12.4. The Morgan fingerprint density at radius 3 is 1.73 bits per heavy atom. The predicted molar refractivity (Wildman–Crippen MR) is 96.0 cm³/mol. The Balaban J connectivity index is 3.37. The van der Waals surface area contributed by atoms with Crippen LogP contribution in [0.2, 0.25) is 0 Å². The van der Waals surface area contributed by atoms with Crippen LogP contribution in [0.25, 0.3) is 0 Å². The van der Waals surface area contributed by atoms with Crippen molar-refractivity contribution in [2.24, 2.45) is 0 Å². The molecule has 0 aliphatic heterocycles. The highest BCUT2D eigenvalue weighted by atomic mass is 16.4. The Morgan fingerprint density at radius 1 is 0.727 bits per heavy atom. The molecular formula is C20H32O2. The Kier molecular flexibility index (Phi) is 16.2. The maximum atomic E-state index is 10.3. The van der Waals surface area contributed by atoms with Crippen molar-refractivity contribution in [3.05, 3.63) is 48.6 Å². The van der Waals surface area contributed by atoms with Crippen molar-refractivity contribution in [1.82, 2.24) is 0 Å². The molecule has 0 aromatic rings. The van der Waals surface area contributed by atoms with E-state index in [1.807, 2.05) is 0 Å². The summed E-state index contributed by atoms with van der Waals surface area (Å²) in [6.07, 6.45) is 27.3. The second-order valence-electron chi connectivity index (χ2n) is 5.37. The monoisotopic (exact) mass is 304 g/mol. The molecule has 2 heteroatoms. The summed E-state index contributed by atoms with van der Waals surface area (Å²) in [5.74, 6) is -0.688. The van der Waals surface area contributed by atoms with Crippen LogP contribution >= 0.6 is 0 Å². The highest BCUT2D eigenvalue weighted by Gasteiger charge is 1.94. The lowest BCUT2D eigenvalue weighted by atomic mass is 10.1. The number of carboxylic acids is 1. The van der Waals surface area contributed by atoms with Crippen LogP contribution in [0.5, 0.6) is 0 Å². The van der Waals surface area contributed by atoms with Gasteiger partial charge in [-0.15, -0.1) is 0 Å². The van der Waals surface area contributed by atoms with Gasteiger partial charge in [0.1, 0.15) is 0 Å². The summed E-state index contributed by atoms with van der Waals surface area (Å²) in [7, 11) is 0. The highest BCUT2D eigenvalue weighted by molar-refractivity contribution is 5.66. The number of carboxylic acid groups (broad SMARTS) is 1. The molecular weight excluding hydrogens is 272 g/mol. The third-order valence-electron chi connectivity index (χ3n) is 3.20. The Hall–Kier alpha value is -1.57. The second kappa shape index (κ2) is 17.5. The van der Waals surface area contributed by atoms with Crippen molar-refractivity contribution in [3.8, 4) is 0 Å². The van der Waals surface area contributed by atoms with E-state index in [0.29, 0.717) is 6.42 Å². The van der Waals surface area contributed by atoms with E-state index in [1.54, 1.807) is 0 Å². The van der Waals surface area contributed by atoms with Crippen LogP contribution in [0, 0.1) is 0 Å². The van der Waals surface area contributed by atoms with Gasteiger partial charge in [0.15, 0.2) is 0 Å². The van der Waals surface area contributed by atoms with Gasteiger partial charge in [0.2, 0.25) is 0 Å². The van der Waals surface area contributed by atoms with Gasteiger partial charge in [-0.2, -0.15) is 0 Å². The van der Waals surface area contributed by atoms with Crippen LogP contribution in [-0.4, -0.2) is 11.1 Å². The molecule has 0 amide bonds. The minimum absolute atomic E-state index is 0.300. The zero-order valence-corrected chi connectivity index (χ0v) is 14.0. The lowest BCUT2D eigenvalue weighted by Gasteiger charge is -1.94. The third-order valence-corrected chi connectivity index (χ3v) is 3.20. The van der Waals surface area contributed by atoms with Crippen molar-refractivity contribution >= 4 is 5.97 Å². The van der Waals surface area contributed by atoms with Gasteiger partial charge in [-0.05, 0) is 44.9 Å². The first-order valence-corrected chi connectivity index (χ1v) is 8.59. The molecule has 124 valence electrons. The topological polar surface area (TPSA) is 37.3 Å². The number of carbonyl (C=O) groups is 1. The van der Waals surface area contributed by atoms with E-state index in [0.717, 1.165) is 44.9 Å². The standard InChI is InChI=1S/C20H32O2/c1-2-3-4-5-6-7-8-9-10-11-12-13-14-15-16-17-18-19-20(21)22/h4-5,7-8,10-11,13-14H,2-3,6,9,12,15-19H2,1H3,(H,21,22)/b5-4?,8-7?,11-10?,14-13-. The summed E-state index contributed by atoms with van der Waals surface area (Å²) in [5, 5.41) is 8.51. The smallest absolute Gasteiger partial charge is 0.303 e. The van der Waals surface area contributed by atoms with Crippen LogP contribution < -0.4 is 0 Å². The molecule has 0 aromatic heterocycles. The molecule has 0 aliphatic rings. The van der Waals surface area contributed by atoms with Crippen molar-refractivity contribution in [3.63, 3.8) is 0 Å². The maximum absolute atomic E-state index is 10.3. The van der Waals surface area contributed by atoms with Crippen molar-refractivity contribution in [2.45, 2.75) is 71.1 Å². The maximum Gasteiger partial charge on any atom is 0.303 e. The van der Waals surface area contributed by atoms with Gasteiger partial charge < -0.3 is 5.11 Å². The molecule has 1 N–H and O–H groups in total. The van der Waals surface area contributed by atoms with Crippen molar-refractivity contribution < 1.29 is 9.90 Å². The van der Waals surface area contributed by atoms with Crippen LogP contribution in [0.3, 0.4) is 0 Å². The summed E-state index contributed by atoms with van der Waals surface area (Å²) in [6, 6.07) is 0. The van der Waals surface area contributed by atoms with Crippen molar-refractivity contribution in [2.75, 3.05) is 0 Å². The summed E-state index contributed by atoms with van der Waals surface area (Å²) in [6.45, 7) is 2.19. The zero-order chi connectivity index (χ0) is 16.3. The quantitative estimate of drug-likeness (QED) is 0.305. The largest absolute Gasteiger partial charge is 0.481 e. The Bertz CT molecular complexity index is 362. The van der Waals surface area contributed by atoms with Gasteiger partial charge in [-0.1, -0.05) is 68.4 Å². The average Bonchev–Trinajstić information content (AvgIpc) is 2.50. The van der Waals surface area contributed by atoms with Crippen LogP contribution in [-0.2, 0) is 4.79 Å². The molecule has 0 saturated carbocycles. The van der Waals surface area contributed by atoms with E-state index in [9.17, 15) is 4.79 Å². The Morgan fingerprint density at radius 2 is 1.23 bits per heavy atom. The third kappa shape index (κ3) is 18.4. The predicted octanol–water partition coefficient (Wildman–Crippen LogP) is 6.22. The molecule has 0 unspecified atom stereocenters. The van der Waals surface area contributed by atoms with Crippen LogP contribution in [0.1, 0.15) is 71.1 Å². The van der Waals surface area contributed by atoms with Gasteiger partial charge in [0, 0.05) is 6.42 Å². The molecule has 0 radical (unpaired) electrons. The summed E-state index contributed by atoms with van der Waals surface area (Å²) < 4.78 is 0. The fraction of sp³-hybridized carbons (Fsp3) is 0.550. The first-order chi connectivity index (χ1) is 10.8. The molecule has 0 saturated heterocycles. The first kappa shape index (κ1) is 20.4. The van der Waals surface area contributed by atoms with Gasteiger partial charge >= 0.3 is 5.97 Å². The number of unbranched alkanes of at least 4 members (excludes halogenated alkanes) is 4. The molecule has 0 heterocycles. The lowest BCUT2D eigenvalue weighted by Crippen LogP contribution is -1.93. The van der Waals surface area contributed by atoms with E-state index < -0.39 is 5.97 Å². The molecule has 0 spiro atoms. The van der Waals surface area contributed by atoms with Gasteiger partial charge in [-0.3, -0.25) is 4.79 Å².